The summed E-state index contributed by atoms with van der Waals surface area (Å²) in [7, 11) is 0. The van der Waals surface area contributed by atoms with Crippen LogP contribution in [0.15, 0.2) is 47.4 Å². The smallest absolute Gasteiger partial charge is 0.150 e. The second-order valence-corrected chi connectivity index (χ2v) is 6.16. The number of rotatable bonds is 6. The highest BCUT2D eigenvalue weighted by atomic mass is 32.1. The minimum absolute atomic E-state index is 0.943. The first-order valence-corrected chi connectivity index (χ1v) is 7.97. The van der Waals surface area contributed by atoms with Gasteiger partial charge >= 0.3 is 0 Å². The molecule has 0 aromatic carbocycles. The molecule has 98 valence electrons. The molecule has 3 heterocycles. The van der Waals surface area contributed by atoms with Crippen molar-refractivity contribution >= 4 is 22.7 Å². The van der Waals surface area contributed by atoms with E-state index in [1.54, 1.807) is 22.7 Å². The van der Waals surface area contributed by atoms with Gasteiger partial charge in [-0.1, -0.05) is 12.1 Å². The van der Waals surface area contributed by atoms with E-state index in [2.05, 4.69) is 49.9 Å². The number of nitrogens with zero attached hydrogens (tertiary/aromatic N) is 2. The maximum absolute atomic E-state index is 4.43. The van der Waals surface area contributed by atoms with Crippen molar-refractivity contribution in [2.45, 2.75) is 13.1 Å². The summed E-state index contributed by atoms with van der Waals surface area (Å²) < 4.78 is 2.20. The van der Waals surface area contributed by atoms with Crippen LogP contribution in [-0.4, -0.2) is 16.1 Å². The van der Waals surface area contributed by atoms with Crippen LogP contribution in [0.1, 0.15) is 4.88 Å². The van der Waals surface area contributed by atoms with E-state index in [1.165, 1.54) is 9.75 Å². The third kappa shape index (κ3) is 3.12. The average Bonchev–Trinajstić information content (AvgIpc) is 3.15. The van der Waals surface area contributed by atoms with Crippen LogP contribution in [-0.2, 0) is 13.1 Å². The Balaban J connectivity index is 1.55. The lowest BCUT2D eigenvalue weighted by Crippen LogP contribution is -2.19. The zero-order chi connectivity index (χ0) is 12.9. The quantitative estimate of drug-likeness (QED) is 0.704. The molecule has 0 saturated heterocycles. The maximum Gasteiger partial charge on any atom is 0.150 e. The van der Waals surface area contributed by atoms with Crippen LogP contribution in [0.4, 0.5) is 0 Å². The lowest BCUT2D eigenvalue weighted by Gasteiger charge is -2.07. The van der Waals surface area contributed by atoms with Gasteiger partial charge in [-0.05, 0) is 22.9 Å². The van der Waals surface area contributed by atoms with Gasteiger partial charge in [0.15, 0.2) is 0 Å². The van der Waals surface area contributed by atoms with Gasteiger partial charge in [-0.15, -0.1) is 22.7 Å². The Hall–Kier alpha value is -1.43. The van der Waals surface area contributed by atoms with Crippen molar-refractivity contribution in [2.24, 2.45) is 0 Å². The lowest BCUT2D eigenvalue weighted by molar-refractivity contribution is 0.604. The number of hydrogen-bond acceptors (Lipinski definition) is 4. The van der Waals surface area contributed by atoms with Crippen LogP contribution in [0.5, 0.6) is 0 Å². The van der Waals surface area contributed by atoms with E-state index < -0.39 is 0 Å². The van der Waals surface area contributed by atoms with Gasteiger partial charge in [-0.2, -0.15) is 0 Å². The molecule has 0 aliphatic heterocycles. The molecule has 3 aromatic rings. The molecule has 1 N–H and O–H groups in total. The largest absolute Gasteiger partial charge is 0.329 e. The summed E-state index contributed by atoms with van der Waals surface area (Å²) in [5, 5.41) is 7.66. The predicted octanol–water partition coefficient (Wildman–Crippen LogP) is 3.46. The number of imidazole rings is 1. The maximum atomic E-state index is 4.43. The monoisotopic (exact) mass is 289 g/mol. The van der Waals surface area contributed by atoms with E-state index in [0.29, 0.717) is 0 Å². The molecule has 0 bridgehead atoms. The van der Waals surface area contributed by atoms with Crippen molar-refractivity contribution < 1.29 is 0 Å². The van der Waals surface area contributed by atoms with Crippen LogP contribution in [0.2, 0.25) is 0 Å². The van der Waals surface area contributed by atoms with Crippen molar-refractivity contribution in [3.63, 3.8) is 0 Å². The van der Waals surface area contributed by atoms with Crippen molar-refractivity contribution in [2.75, 3.05) is 6.54 Å². The van der Waals surface area contributed by atoms with E-state index in [1.807, 2.05) is 12.4 Å². The zero-order valence-corrected chi connectivity index (χ0v) is 12.1. The van der Waals surface area contributed by atoms with Gasteiger partial charge in [0, 0.05) is 36.9 Å². The third-order valence-corrected chi connectivity index (χ3v) is 4.61. The second-order valence-electron chi connectivity index (χ2n) is 4.18. The molecule has 0 aliphatic carbocycles. The molecule has 3 aromatic heterocycles. The van der Waals surface area contributed by atoms with Crippen LogP contribution in [0.3, 0.4) is 0 Å². The van der Waals surface area contributed by atoms with Gasteiger partial charge in [0.1, 0.15) is 5.82 Å². The molecule has 0 spiro atoms. The molecular weight excluding hydrogens is 274 g/mol. The molecule has 0 atom stereocenters. The average molecular weight is 289 g/mol. The molecule has 3 rings (SSSR count). The van der Waals surface area contributed by atoms with Gasteiger partial charge in [-0.3, -0.25) is 0 Å². The van der Waals surface area contributed by atoms with Gasteiger partial charge in [0.2, 0.25) is 0 Å². The minimum atomic E-state index is 0.943. The predicted molar refractivity (Wildman–Crippen MR) is 81.6 cm³/mol. The fraction of sp³-hybridized carbons (Fsp3) is 0.214. The topological polar surface area (TPSA) is 29.9 Å². The van der Waals surface area contributed by atoms with Gasteiger partial charge in [0.25, 0.3) is 0 Å². The molecule has 19 heavy (non-hydrogen) atoms. The Morgan fingerprint density at radius 3 is 2.84 bits per heavy atom. The van der Waals surface area contributed by atoms with E-state index in [9.17, 15) is 0 Å². The molecular formula is C14H15N3S2. The Morgan fingerprint density at radius 1 is 1.16 bits per heavy atom. The summed E-state index contributed by atoms with van der Waals surface area (Å²) in [6, 6.07) is 8.43. The first-order chi connectivity index (χ1) is 9.43. The molecule has 0 fully saturated rings. The number of hydrogen-bond donors (Lipinski definition) is 1. The summed E-state index contributed by atoms with van der Waals surface area (Å²) in [5.74, 6) is 1.06. The highest BCUT2D eigenvalue weighted by Gasteiger charge is 2.05. The number of nitrogens with one attached hydrogen (secondary N) is 1. The SMILES string of the molecule is c1csc(CNCCn2ccnc2-c2cccs2)c1. The van der Waals surface area contributed by atoms with E-state index in [4.69, 9.17) is 0 Å². The second kappa shape index (κ2) is 6.14. The Morgan fingerprint density at radius 2 is 2.05 bits per heavy atom. The summed E-state index contributed by atoms with van der Waals surface area (Å²) in [5.41, 5.74) is 0. The number of aromatic nitrogens is 2. The van der Waals surface area contributed by atoms with Crippen molar-refractivity contribution in [3.8, 4) is 10.7 Å². The minimum Gasteiger partial charge on any atom is -0.329 e. The first kappa shape index (κ1) is 12.6. The third-order valence-electron chi connectivity index (χ3n) is 2.87. The van der Waals surface area contributed by atoms with Crippen LogP contribution >= 0.6 is 22.7 Å². The van der Waals surface area contributed by atoms with E-state index in [0.717, 1.165) is 25.5 Å². The fourth-order valence-corrected chi connectivity index (χ4v) is 3.36. The van der Waals surface area contributed by atoms with Crippen LogP contribution in [0, 0.1) is 0 Å². The summed E-state index contributed by atoms with van der Waals surface area (Å²) in [4.78, 5) is 7.04. The van der Waals surface area contributed by atoms with Crippen LogP contribution in [0.25, 0.3) is 10.7 Å². The summed E-state index contributed by atoms with van der Waals surface area (Å²) in [6.07, 6.45) is 3.91. The van der Waals surface area contributed by atoms with Gasteiger partial charge in [-0.25, -0.2) is 4.98 Å². The van der Waals surface area contributed by atoms with Gasteiger partial charge < -0.3 is 9.88 Å². The molecule has 3 nitrogen and oxygen atoms in total. The highest BCUT2D eigenvalue weighted by molar-refractivity contribution is 7.13. The highest BCUT2D eigenvalue weighted by Crippen LogP contribution is 2.22. The lowest BCUT2D eigenvalue weighted by atomic mass is 10.4. The van der Waals surface area contributed by atoms with E-state index in [-0.39, 0.29) is 0 Å². The zero-order valence-electron chi connectivity index (χ0n) is 10.5. The molecule has 0 radical (unpaired) electrons. The van der Waals surface area contributed by atoms with Crippen molar-refractivity contribution in [1.82, 2.24) is 14.9 Å². The Kier molecular flexibility index (Phi) is 4.07. The first-order valence-electron chi connectivity index (χ1n) is 6.21. The van der Waals surface area contributed by atoms with Crippen molar-refractivity contribution in [3.05, 3.63) is 52.3 Å². The molecule has 0 amide bonds. The number of thiophene rings is 2. The van der Waals surface area contributed by atoms with Gasteiger partial charge in [0.05, 0.1) is 4.88 Å². The molecule has 0 unspecified atom stereocenters. The molecule has 0 saturated carbocycles. The molecule has 0 aliphatic rings. The Bertz CT molecular complexity index is 596. The molecule has 5 heteroatoms. The summed E-state index contributed by atoms with van der Waals surface area (Å²) >= 11 is 3.52. The van der Waals surface area contributed by atoms with E-state index >= 15 is 0 Å². The fourth-order valence-electron chi connectivity index (χ4n) is 1.94. The summed E-state index contributed by atoms with van der Waals surface area (Å²) in [6.45, 7) is 2.84. The van der Waals surface area contributed by atoms with Crippen molar-refractivity contribution in [1.29, 1.82) is 0 Å². The normalized spacial score (nSPS) is 10.9. The standard InChI is InChI=1S/C14H15N3S2/c1-3-12(18-9-1)11-15-5-7-17-8-6-16-14(17)13-4-2-10-19-13/h1-4,6,8-10,15H,5,7,11H2. The van der Waals surface area contributed by atoms with Crippen LogP contribution < -0.4 is 5.32 Å². The Labute approximate surface area is 120 Å².